The SMILES string of the molecule is O=C(c1ccoc1)N1CCC(O)(c2ccccc2Cl)CC1. The highest BCUT2D eigenvalue weighted by molar-refractivity contribution is 6.31. The Morgan fingerprint density at radius 3 is 2.57 bits per heavy atom. The van der Waals surface area contributed by atoms with Crippen LogP contribution in [0.3, 0.4) is 0 Å². The number of carbonyl (C=O) groups is 1. The Kier molecular flexibility index (Phi) is 3.74. The van der Waals surface area contributed by atoms with Crippen LogP contribution in [-0.4, -0.2) is 29.0 Å². The van der Waals surface area contributed by atoms with Crippen molar-refractivity contribution >= 4 is 17.5 Å². The van der Waals surface area contributed by atoms with Gasteiger partial charge in [-0.25, -0.2) is 0 Å². The average molecular weight is 306 g/mol. The van der Waals surface area contributed by atoms with Crippen LogP contribution < -0.4 is 0 Å². The second-order valence-electron chi connectivity index (χ2n) is 5.32. The summed E-state index contributed by atoms with van der Waals surface area (Å²) in [6.45, 7) is 0.984. The van der Waals surface area contributed by atoms with Crippen LogP contribution in [0.25, 0.3) is 0 Å². The minimum atomic E-state index is -0.967. The average Bonchev–Trinajstić information content (AvgIpc) is 3.02. The first-order valence-electron chi connectivity index (χ1n) is 6.89. The molecule has 1 aromatic carbocycles. The Morgan fingerprint density at radius 1 is 1.24 bits per heavy atom. The molecule has 1 aromatic heterocycles. The minimum Gasteiger partial charge on any atom is -0.472 e. The number of hydrogen-bond donors (Lipinski definition) is 1. The lowest BCUT2D eigenvalue weighted by Crippen LogP contribution is -2.45. The Bertz CT molecular complexity index is 631. The number of halogens is 1. The zero-order valence-electron chi connectivity index (χ0n) is 11.5. The molecule has 0 radical (unpaired) electrons. The molecule has 0 unspecified atom stereocenters. The molecule has 1 amide bonds. The molecule has 0 bridgehead atoms. The van der Waals surface area contributed by atoms with Gasteiger partial charge in [-0.05, 0) is 25.0 Å². The molecule has 0 saturated carbocycles. The number of hydrogen-bond acceptors (Lipinski definition) is 3. The number of furan rings is 1. The van der Waals surface area contributed by atoms with Gasteiger partial charge < -0.3 is 14.4 Å². The molecule has 2 aromatic rings. The molecule has 1 aliphatic rings. The van der Waals surface area contributed by atoms with Crippen molar-refractivity contribution in [2.24, 2.45) is 0 Å². The first kappa shape index (κ1) is 14.2. The maximum atomic E-state index is 12.2. The predicted molar refractivity (Wildman–Crippen MR) is 79.2 cm³/mol. The fourth-order valence-electron chi connectivity index (χ4n) is 2.76. The number of amides is 1. The van der Waals surface area contributed by atoms with Crippen molar-refractivity contribution in [1.82, 2.24) is 4.90 Å². The third-order valence-corrected chi connectivity index (χ3v) is 4.35. The van der Waals surface area contributed by atoms with Gasteiger partial charge in [0.05, 0.1) is 17.4 Å². The molecule has 3 rings (SSSR count). The highest BCUT2D eigenvalue weighted by Crippen LogP contribution is 2.36. The van der Waals surface area contributed by atoms with Crippen molar-refractivity contribution in [3.8, 4) is 0 Å². The molecule has 1 aliphatic heterocycles. The Hall–Kier alpha value is -1.78. The van der Waals surface area contributed by atoms with E-state index in [9.17, 15) is 9.90 Å². The van der Waals surface area contributed by atoms with Gasteiger partial charge in [0, 0.05) is 23.7 Å². The van der Waals surface area contributed by atoms with Crippen LogP contribution in [0.4, 0.5) is 0 Å². The topological polar surface area (TPSA) is 53.7 Å². The lowest BCUT2D eigenvalue weighted by atomic mass is 9.84. The number of rotatable bonds is 2. The Morgan fingerprint density at radius 2 is 1.95 bits per heavy atom. The standard InChI is InChI=1S/C16H16ClNO3/c17-14-4-2-1-3-13(14)16(20)6-8-18(9-7-16)15(19)12-5-10-21-11-12/h1-5,10-11,20H,6-9H2. The van der Waals surface area contributed by atoms with Crippen LogP contribution in [0.15, 0.2) is 47.3 Å². The molecular weight excluding hydrogens is 290 g/mol. The summed E-state index contributed by atoms with van der Waals surface area (Å²) in [5.41, 5.74) is 0.311. The molecular formula is C16H16ClNO3. The van der Waals surface area contributed by atoms with Gasteiger partial charge in [0.1, 0.15) is 6.26 Å². The fourth-order valence-corrected chi connectivity index (χ4v) is 3.07. The third kappa shape index (κ3) is 2.69. The Labute approximate surface area is 127 Å². The smallest absolute Gasteiger partial charge is 0.257 e. The predicted octanol–water partition coefficient (Wildman–Crippen LogP) is 3.06. The molecule has 110 valence electrons. The number of benzene rings is 1. The third-order valence-electron chi connectivity index (χ3n) is 4.02. The number of aliphatic hydroxyl groups is 1. The van der Waals surface area contributed by atoms with Crippen molar-refractivity contribution in [2.75, 3.05) is 13.1 Å². The first-order valence-corrected chi connectivity index (χ1v) is 7.27. The molecule has 0 atom stereocenters. The van der Waals surface area contributed by atoms with Gasteiger partial charge in [0.2, 0.25) is 0 Å². The summed E-state index contributed by atoms with van der Waals surface area (Å²) in [4.78, 5) is 14.0. The van der Waals surface area contributed by atoms with Crippen molar-refractivity contribution in [1.29, 1.82) is 0 Å². The summed E-state index contributed by atoms with van der Waals surface area (Å²) in [5.74, 6) is -0.0649. The molecule has 5 heteroatoms. The maximum absolute atomic E-state index is 12.2. The lowest BCUT2D eigenvalue weighted by molar-refractivity contribution is -0.0210. The largest absolute Gasteiger partial charge is 0.472 e. The first-order chi connectivity index (χ1) is 10.1. The van der Waals surface area contributed by atoms with E-state index in [1.54, 1.807) is 17.0 Å². The van der Waals surface area contributed by atoms with Crippen molar-refractivity contribution < 1.29 is 14.3 Å². The van der Waals surface area contributed by atoms with Crippen molar-refractivity contribution in [3.05, 3.63) is 59.0 Å². The summed E-state index contributed by atoms with van der Waals surface area (Å²) < 4.78 is 4.94. The summed E-state index contributed by atoms with van der Waals surface area (Å²) >= 11 is 6.17. The second-order valence-corrected chi connectivity index (χ2v) is 5.72. The van der Waals surface area contributed by atoms with E-state index in [-0.39, 0.29) is 5.91 Å². The van der Waals surface area contributed by atoms with E-state index >= 15 is 0 Å². The molecule has 0 aliphatic carbocycles. The number of piperidine rings is 1. The second kappa shape index (κ2) is 5.54. The monoisotopic (exact) mass is 305 g/mol. The highest BCUT2D eigenvalue weighted by atomic mass is 35.5. The van der Waals surface area contributed by atoms with E-state index in [0.717, 1.165) is 5.56 Å². The van der Waals surface area contributed by atoms with Crippen LogP contribution in [-0.2, 0) is 5.60 Å². The van der Waals surface area contributed by atoms with Crippen LogP contribution >= 0.6 is 11.6 Å². The summed E-state index contributed by atoms with van der Waals surface area (Å²) in [5, 5.41) is 11.4. The molecule has 0 spiro atoms. The van der Waals surface area contributed by atoms with Crippen molar-refractivity contribution in [3.63, 3.8) is 0 Å². The maximum Gasteiger partial charge on any atom is 0.257 e. The van der Waals surface area contributed by atoms with Crippen LogP contribution in [0.5, 0.6) is 0 Å². The van der Waals surface area contributed by atoms with Gasteiger partial charge in [-0.2, -0.15) is 0 Å². The van der Waals surface area contributed by atoms with E-state index in [1.807, 2.05) is 18.2 Å². The van der Waals surface area contributed by atoms with Gasteiger partial charge >= 0.3 is 0 Å². The molecule has 1 fully saturated rings. The normalized spacial score (nSPS) is 17.7. The zero-order chi connectivity index (χ0) is 14.9. The minimum absolute atomic E-state index is 0.0649. The van der Waals surface area contributed by atoms with E-state index in [2.05, 4.69) is 0 Å². The molecule has 1 saturated heterocycles. The highest BCUT2D eigenvalue weighted by Gasteiger charge is 2.36. The van der Waals surface area contributed by atoms with E-state index in [1.165, 1.54) is 12.5 Å². The summed E-state index contributed by atoms with van der Waals surface area (Å²) in [7, 11) is 0. The van der Waals surface area contributed by atoms with Crippen LogP contribution in [0, 0.1) is 0 Å². The van der Waals surface area contributed by atoms with Gasteiger partial charge in [0.25, 0.3) is 5.91 Å². The number of nitrogens with zero attached hydrogens (tertiary/aromatic N) is 1. The lowest BCUT2D eigenvalue weighted by Gasteiger charge is -2.38. The summed E-state index contributed by atoms with van der Waals surface area (Å²) in [6, 6.07) is 8.97. The molecule has 21 heavy (non-hydrogen) atoms. The van der Waals surface area contributed by atoms with Gasteiger partial charge in [-0.3, -0.25) is 4.79 Å². The zero-order valence-corrected chi connectivity index (χ0v) is 12.2. The van der Waals surface area contributed by atoms with Crippen LogP contribution in [0.1, 0.15) is 28.8 Å². The Balaban J connectivity index is 1.73. The molecule has 1 N–H and O–H groups in total. The van der Waals surface area contributed by atoms with Crippen molar-refractivity contribution in [2.45, 2.75) is 18.4 Å². The number of likely N-dealkylation sites (tertiary alicyclic amines) is 1. The molecule has 4 nitrogen and oxygen atoms in total. The quantitative estimate of drug-likeness (QED) is 0.928. The number of carbonyl (C=O) groups excluding carboxylic acids is 1. The van der Waals surface area contributed by atoms with E-state index in [0.29, 0.717) is 36.5 Å². The molecule has 2 heterocycles. The van der Waals surface area contributed by atoms with E-state index in [4.69, 9.17) is 16.0 Å². The van der Waals surface area contributed by atoms with E-state index < -0.39 is 5.60 Å². The van der Waals surface area contributed by atoms with Gasteiger partial charge in [-0.1, -0.05) is 29.8 Å². The van der Waals surface area contributed by atoms with Gasteiger partial charge in [-0.15, -0.1) is 0 Å². The van der Waals surface area contributed by atoms with Gasteiger partial charge in [0.15, 0.2) is 0 Å². The van der Waals surface area contributed by atoms with Crippen LogP contribution in [0.2, 0.25) is 5.02 Å². The fraction of sp³-hybridized carbons (Fsp3) is 0.312. The summed E-state index contributed by atoms with van der Waals surface area (Å²) in [6.07, 6.45) is 3.87.